The summed E-state index contributed by atoms with van der Waals surface area (Å²) < 4.78 is 35.6. The Kier molecular flexibility index (Phi) is 3.34. The Morgan fingerprint density at radius 2 is 1.80 bits per heavy atom. The number of alkyl halides is 3. The van der Waals surface area contributed by atoms with Gasteiger partial charge in [-0.25, -0.2) is 0 Å². The van der Waals surface area contributed by atoms with Crippen molar-refractivity contribution in [3.05, 3.63) is 29.8 Å². The number of benzene rings is 1. The molecule has 1 aromatic rings. The molecule has 1 rings (SSSR count). The first-order valence-electron chi connectivity index (χ1n) is 4.40. The molecule has 2 nitrogen and oxygen atoms in total. The summed E-state index contributed by atoms with van der Waals surface area (Å²) in [5, 5.41) is 1.77. The number of amides is 1. The molecule has 0 aliphatic carbocycles. The van der Waals surface area contributed by atoms with E-state index in [4.69, 9.17) is 0 Å². The zero-order valence-corrected chi connectivity index (χ0v) is 8.06. The van der Waals surface area contributed by atoms with Gasteiger partial charge in [0.05, 0.1) is 0 Å². The number of carbonyl (C=O) groups is 1. The van der Waals surface area contributed by atoms with E-state index >= 15 is 0 Å². The van der Waals surface area contributed by atoms with Crippen LogP contribution in [-0.4, -0.2) is 12.1 Å². The summed E-state index contributed by atoms with van der Waals surface area (Å²) in [6.07, 6.45) is -4.04. The first-order chi connectivity index (χ1) is 6.93. The second-order valence-electron chi connectivity index (χ2n) is 3.00. The van der Waals surface area contributed by atoms with E-state index in [0.717, 1.165) is 12.0 Å². The molecule has 0 spiro atoms. The highest BCUT2D eigenvalue weighted by Crippen LogP contribution is 2.18. The summed E-state index contributed by atoms with van der Waals surface area (Å²) in [7, 11) is 0. The van der Waals surface area contributed by atoms with Crippen molar-refractivity contribution in [3.63, 3.8) is 0 Å². The third-order valence-electron chi connectivity index (χ3n) is 1.88. The van der Waals surface area contributed by atoms with E-state index in [1.54, 1.807) is 17.4 Å². The third-order valence-corrected chi connectivity index (χ3v) is 1.88. The molecular formula is C10H10F3NO. The van der Waals surface area contributed by atoms with Gasteiger partial charge in [0, 0.05) is 5.69 Å². The van der Waals surface area contributed by atoms with Crippen molar-refractivity contribution in [3.8, 4) is 0 Å². The van der Waals surface area contributed by atoms with Crippen LogP contribution in [0.2, 0.25) is 0 Å². The Bertz CT molecular complexity index is 343. The molecule has 0 aliphatic rings. The van der Waals surface area contributed by atoms with Crippen LogP contribution in [0.25, 0.3) is 0 Å². The van der Waals surface area contributed by atoms with Crippen molar-refractivity contribution in [1.29, 1.82) is 0 Å². The standard InChI is InChI=1S/C10H10F3NO/c1-2-7-3-5-8(6-4-7)14-9(15)10(11,12)13/h3-6H,2H2,1H3,(H,14,15). The number of anilines is 1. The zero-order valence-electron chi connectivity index (χ0n) is 8.06. The van der Waals surface area contributed by atoms with Crippen LogP contribution >= 0.6 is 0 Å². The molecule has 0 aliphatic heterocycles. The van der Waals surface area contributed by atoms with Gasteiger partial charge in [0.15, 0.2) is 0 Å². The topological polar surface area (TPSA) is 29.1 Å². The summed E-state index contributed by atoms with van der Waals surface area (Å²) >= 11 is 0. The minimum Gasteiger partial charge on any atom is -0.318 e. The van der Waals surface area contributed by atoms with Crippen LogP contribution in [0.15, 0.2) is 24.3 Å². The van der Waals surface area contributed by atoms with Crippen LogP contribution in [0, 0.1) is 0 Å². The fraction of sp³-hybridized carbons (Fsp3) is 0.300. The lowest BCUT2D eigenvalue weighted by atomic mass is 10.1. The fourth-order valence-corrected chi connectivity index (χ4v) is 1.03. The molecule has 0 saturated heterocycles. The Balaban J connectivity index is 2.70. The van der Waals surface area contributed by atoms with Crippen molar-refractivity contribution in [2.24, 2.45) is 0 Å². The first kappa shape index (κ1) is 11.6. The van der Waals surface area contributed by atoms with Crippen LogP contribution in [0.1, 0.15) is 12.5 Å². The molecule has 0 atom stereocenters. The summed E-state index contributed by atoms with van der Waals surface area (Å²) in [5.41, 5.74) is 1.15. The normalized spacial score (nSPS) is 11.2. The molecule has 0 heterocycles. The van der Waals surface area contributed by atoms with Crippen LogP contribution in [0.4, 0.5) is 18.9 Å². The van der Waals surface area contributed by atoms with E-state index in [1.165, 1.54) is 12.1 Å². The highest BCUT2D eigenvalue weighted by Gasteiger charge is 2.38. The quantitative estimate of drug-likeness (QED) is 0.810. The van der Waals surface area contributed by atoms with Gasteiger partial charge in [0.2, 0.25) is 0 Å². The second kappa shape index (κ2) is 4.33. The van der Waals surface area contributed by atoms with Gasteiger partial charge in [-0.2, -0.15) is 13.2 Å². The molecule has 0 saturated carbocycles. The van der Waals surface area contributed by atoms with E-state index in [1.807, 2.05) is 6.92 Å². The lowest BCUT2D eigenvalue weighted by molar-refractivity contribution is -0.167. The Morgan fingerprint density at radius 3 is 2.20 bits per heavy atom. The van der Waals surface area contributed by atoms with E-state index in [2.05, 4.69) is 0 Å². The molecule has 1 aromatic carbocycles. The Morgan fingerprint density at radius 1 is 1.27 bits per heavy atom. The Hall–Kier alpha value is -1.52. The molecule has 15 heavy (non-hydrogen) atoms. The maximum absolute atomic E-state index is 11.9. The number of aryl methyl sites for hydroxylation is 1. The zero-order chi connectivity index (χ0) is 11.5. The molecule has 0 radical (unpaired) electrons. The molecule has 0 fully saturated rings. The van der Waals surface area contributed by atoms with Crippen molar-refractivity contribution in [2.45, 2.75) is 19.5 Å². The monoisotopic (exact) mass is 217 g/mol. The van der Waals surface area contributed by atoms with Gasteiger partial charge in [0.25, 0.3) is 0 Å². The van der Waals surface area contributed by atoms with Gasteiger partial charge in [-0.15, -0.1) is 0 Å². The summed E-state index contributed by atoms with van der Waals surface area (Å²) in [6.45, 7) is 1.93. The average Bonchev–Trinajstić information content (AvgIpc) is 2.17. The maximum atomic E-state index is 11.9. The first-order valence-corrected chi connectivity index (χ1v) is 4.40. The molecule has 1 amide bonds. The van der Waals surface area contributed by atoms with E-state index in [-0.39, 0.29) is 5.69 Å². The van der Waals surface area contributed by atoms with Crippen LogP contribution in [0.3, 0.4) is 0 Å². The van der Waals surface area contributed by atoms with Gasteiger partial charge < -0.3 is 5.32 Å². The molecule has 82 valence electrons. The van der Waals surface area contributed by atoms with Crippen molar-refractivity contribution < 1.29 is 18.0 Å². The van der Waals surface area contributed by atoms with Crippen molar-refractivity contribution in [1.82, 2.24) is 0 Å². The smallest absolute Gasteiger partial charge is 0.318 e. The third kappa shape index (κ3) is 3.27. The number of nitrogens with one attached hydrogen (secondary N) is 1. The van der Waals surface area contributed by atoms with Crippen molar-refractivity contribution in [2.75, 3.05) is 5.32 Å². The number of halogens is 3. The van der Waals surface area contributed by atoms with Crippen LogP contribution in [0.5, 0.6) is 0 Å². The lowest BCUT2D eigenvalue weighted by Crippen LogP contribution is -2.29. The van der Waals surface area contributed by atoms with Gasteiger partial charge in [-0.1, -0.05) is 19.1 Å². The van der Waals surface area contributed by atoms with Gasteiger partial charge >= 0.3 is 12.1 Å². The highest BCUT2D eigenvalue weighted by atomic mass is 19.4. The molecule has 1 N–H and O–H groups in total. The average molecular weight is 217 g/mol. The Labute approximate surface area is 85.1 Å². The van der Waals surface area contributed by atoms with Gasteiger partial charge in [-0.3, -0.25) is 4.79 Å². The molecule has 5 heteroatoms. The molecule has 0 aromatic heterocycles. The van der Waals surface area contributed by atoms with E-state index in [0.29, 0.717) is 0 Å². The molecule has 0 unspecified atom stereocenters. The van der Waals surface area contributed by atoms with Crippen LogP contribution < -0.4 is 5.32 Å². The van der Waals surface area contributed by atoms with Gasteiger partial charge in [-0.05, 0) is 24.1 Å². The van der Waals surface area contributed by atoms with E-state index in [9.17, 15) is 18.0 Å². The van der Waals surface area contributed by atoms with Gasteiger partial charge in [0.1, 0.15) is 0 Å². The van der Waals surface area contributed by atoms with Crippen LogP contribution in [-0.2, 0) is 11.2 Å². The number of hydrogen-bond acceptors (Lipinski definition) is 1. The highest BCUT2D eigenvalue weighted by molar-refractivity contribution is 5.94. The predicted molar refractivity (Wildman–Crippen MR) is 50.5 cm³/mol. The van der Waals surface area contributed by atoms with Crippen molar-refractivity contribution >= 4 is 11.6 Å². The molecule has 0 bridgehead atoms. The lowest BCUT2D eigenvalue weighted by Gasteiger charge is -2.07. The minimum absolute atomic E-state index is 0.148. The largest absolute Gasteiger partial charge is 0.471 e. The number of hydrogen-bond donors (Lipinski definition) is 1. The minimum atomic E-state index is -4.84. The summed E-state index contributed by atoms with van der Waals surface area (Å²) in [6, 6.07) is 6.24. The fourth-order valence-electron chi connectivity index (χ4n) is 1.03. The summed E-state index contributed by atoms with van der Waals surface area (Å²) in [5.74, 6) is -1.95. The SMILES string of the molecule is CCc1ccc(NC(=O)C(F)(F)F)cc1. The number of carbonyl (C=O) groups excluding carboxylic acids is 1. The second-order valence-corrected chi connectivity index (χ2v) is 3.00. The summed E-state index contributed by atoms with van der Waals surface area (Å²) in [4.78, 5) is 10.6. The number of rotatable bonds is 2. The maximum Gasteiger partial charge on any atom is 0.471 e. The van der Waals surface area contributed by atoms with E-state index < -0.39 is 12.1 Å². The molecular weight excluding hydrogens is 207 g/mol. The predicted octanol–water partition coefficient (Wildman–Crippen LogP) is 2.75.